The molecule has 0 aromatic heterocycles. The lowest BCUT2D eigenvalue weighted by Crippen LogP contribution is -2.37. The van der Waals surface area contributed by atoms with Crippen molar-refractivity contribution in [1.82, 2.24) is 10.6 Å². The number of hydrogen-bond donors (Lipinski definition) is 2. The summed E-state index contributed by atoms with van der Waals surface area (Å²) >= 11 is 0. The van der Waals surface area contributed by atoms with Gasteiger partial charge in [-0.25, -0.2) is 8.78 Å². The molecule has 132 valence electrons. The molecule has 1 aliphatic rings. The first-order valence-corrected chi connectivity index (χ1v) is 7.75. The lowest BCUT2D eigenvalue weighted by molar-refractivity contribution is -0.126. The predicted molar refractivity (Wildman–Crippen MR) is 84.6 cm³/mol. The fraction of sp³-hybridized carbons (Fsp3) is 0.500. The quantitative estimate of drug-likeness (QED) is 0.682. The summed E-state index contributed by atoms with van der Waals surface area (Å²) in [5, 5.41) is 5.84. The van der Waals surface area contributed by atoms with Crippen LogP contribution in [0.2, 0.25) is 0 Å². The Morgan fingerprint density at radius 3 is 2.62 bits per heavy atom. The molecule has 1 aliphatic heterocycles. The van der Waals surface area contributed by atoms with Gasteiger partial charge in [-0.2, -0.15) is 0 Å². The van der Waals surface area contributed by atoms with E-state index in [-0.39, 0.29) is 30.5 Å². The Morgan fingerprint density at radius 1 is 1.25 bits per heavy atom. The first kappa shape index (κ1) is 18.3. The standard InChI is InChI=1S/C16H21F2N3O3/c1-24-5-4-19-2-3-20-16(23)11-6-15(22)21(10-11)14-8-12(17)7-13(18)9-14/h7-9,11,19H,2-6,10H2,1H3,(H,20,23). The molecule has 6 nitrogen and oxygen atoms in total. The summed E-state index contributed by atoms with van der Waals surface area (Å²) in [5.41, 5.74) is 0.133. The Labute approximate surface area is 139 Å². The van der Waals surface area contributed by atoms with Gasteiger partial charge in [-0.15, -0.1) is 0 Å². The number of hydrogen-bond acceptors (Lipinski definition) is 4. The van der Waals surface area contributed by atoms with Gasteiger partial charge < -0.3 is 20.3 Å². The summed E-state index contributed by atoms with van der Waals surface area (Å²) in [7, 11) is 1.61. The maximum Gasteiger partial charge on any atom is 0.227 e. The number of ether oxygens (including phenoxy) is 1. The number of benzene rings is 1. The Kier molecular flexibility index (Phi) is 6.62. The SMILES string of the molecule is COCCNCCNC(=O)C1CC(=O)N(c2cc(F)cc(F)c2)C1. The van der Waals surface area contributed by atoms with Crippen molar-refractivity contribution in [1.29, 1.82) is 0 Å². The van der Waals surface area contributed by atoms with Crippen molar-refractivity contribution in [3.63, 3.8) is 0 Å². The van der Waals surface area contributed by atoms with Gasteiger partial charge in [-0.1, -0.05) is 0 Å². The Bertz CT molecular complexity index is 578. The summed E-state index contributed by atoms with van der Waals surface area (Å²) in [6.07, 6.45) is 0.0288. The third kappa shape index (κ3) is 4.97. The van der Waals surface area contributed by atoms with Gasteiger partial charge >= 0.3 is 0 Å². The molecular formula is C16H21F2N3O3. The van der Waals surface area contributed by atoms with Gasteiger partial charge in [0, 0.05) is 51.5 Å². The molecule has 0 radical (unpaired) electrons. The highest BCUT2D eigenvalue weighted by Crippen LogP contribution is 2.26. The normalized spacial score (nSPS) is 17.4. The van der Waals surface area contributed by atoms with Crippen molar-refractivity contribution in [3.05, 3.63) is 29.8 Å². The van der Waals surface area contributed by atoms with E-state index in [0.29, 0.717) is 26.2 Å². The van der Waals surface area contributed by atoms with Crippen LogP contribution >= 0.6 is 0 Å². The highest BCUT2D eigenvalue weighted by Gasteiger charge is 2.35. The minimum atomic E-state index is -0.757. The van der Waals surface area contributed by atoms with E-state index in [2.05, 4.69) is 10.6 Å². The van der Waals surface area contributed by atoms with E-state index in [1.807, 2.05) is 0 Å². The van der Waals surface area contributed by atoms with E-state index >= 15 is 0 Å². The molecule has 1 saturated heterocycles. The third-order valence-electron chi connectivity index (χ3n) is 3.74. The highest BCUT2D eigenvalue weighted by molar-refractivity contribution is 6.00. The summed E-state index contributed by atoms with van der Waals surface area (Å²) in [6, 6.07) is 2.91. The van der Waals surface area contributed by atoms with Crippen LogP contribution in [0.25, 0.3) is 0 Å². The van der Waals surface area contributed by atoms with Crippen molar-refractivity contribution >= 4 is 17.5 Å². The molecule has 1 unspecified atom stereocenters. The second-order valence-electron chi connectivity index (χ2n) is 5.57. The molecule has 0 saturated carbocycles. The van der Waals surface area contributed by atoms with E-state index in [1.54, 1.807) is 7.11 Å². The average molecular weight is 341 g/mol. The lowest BCUT2D eigenvalue weighted by Gasteiger charge is -2.17. The van der Waals surface area contributed by atoms with E-state index in [9.17, 15) is 18.4 Å². The predicted octanol–water partition coefficient (Wildman–Crippen LogP) is 0.670. The van der Waals surface area contributed by atoms with Crippen molar-refractivity contribution in [2.24, 2.45) is 5.92 Å². The summed E-state index contributed by atoms with van der Waals surface area (Å²) in [4.78, 5) is 25.4. The third-order valence-corrected chi connectivity index (χ3v) is 3.74. The highest BCUT2D eigenvalue weighted by atomic mass is 19.1. The molecule has 0 spiro atoms. The summed E-state index contributed by atoms with van der Waals surface area (Å²) < 4.78 is 31.5. The first-order chi connectivity index (χ1) is 11.5. The van der Waals surface area contributed by atoms with Gasteiger partial charge in [0.2, 0.25) is 11.8 Å². The maximum atomic E-state index is 13.3. The largest absolute Gasteiger partial charge is 0.383 e. The van der Waals surface area contributed by atoms with Crippen molar-refractivity contribution in [3.8, 4) is 0 Å². The van der Waals surface area contributed by atoms with Crippen LogP contribution in [-0.4, -0.2) is 51.7 Å². The number of rotatable bonds is 8. The number of methoxy groups -OCH3 is 1. The van der Waals surface area contributed by atoms with Crippen molar-refractivity contribution in [2.45, 2.75) is 6.42 Å². The zero-order chi connectivity index (χ0) is 17.5. The van der Waals surface area contributed by atoms with E-state index < -0.39 is 17.6 Å². The van der Waals surface area contributed by atoms with E-state index in [1.165, 1.54) is 4.90 Å². The lowest BCUT2D eigenvalue weighted by atomic mass is 10.1. The van der Waals surface area contributed by atoms with Crippen LogP contribution in [0.3, 0.4) is 0 Å². The van der Waals surface area contributed by atoms with Gasteiger partial charge in [0.1, 0.15) is 11.6 Å². The summed E-state index contributed by atoms with van der Waals surface area (Å²) in [6.45, 7) is 2.42. The number of halogens is 2. The van der Waals surface area contributed by atoms with Gasteiger partial charge in [0.25, 0.3) is 0 Å². The fourth-order valence-electron chi connectivity index (χ4n) is 2.55. The van der Waals surface area contributed by atoms with Crippen LogP contribution in [-0.2, 0) is 14.3 Å². The van der Waals surface area contributed by atoms with Crippen LogP contribution < -0.4 is 15.5 Å². The van der Waals surface area contributed by atoms with Crippen LogP contribution in [0.15, 0.2) is 18.2 Å². The molecule has 24 heavy (non-hydrogen) atoms. The molecule has 1 aromatic carbocycles. The topological polar surface area (TPSA) is 70.7 Å². The Balaban J connectivity index is 1.84. The monoisotopic (exact) mass is 341 g/mol. The zero-order valence-electron chi connectivity index (χ0n) is 13.5. The van der Waals surface area contributed by atoms with Crippen LogP contribution in [0.5, 0.6) is 0 Å². The Morgan fingerprint density at radius 2 is 1.96 bits per heavy atom. The Hall–Kier alpha value is -2.06. The number of nitrogens with one attached hydrogen (secondary N) is 2. The summed E-state index contributed by atoms with van der Waals surface area (Å²) in [5.74, 6) is -2.60. The number of carbonyl (C=O) groups is 2. The van der Waals surface area contributed by atoms with Gasteiger partial charge in [0.15, 0.2) is 0 Å². The minimum absolute atomic E-state index is 0.0288. The second kappa shape index (κ2) is 8.70. The van der Waals surface area contributed by atoms with E-state index in [0.717, 1.165) is 18.2 Å². The number of carbonyl (C=O) groups excluding carboxylic acids is 2. The average Bonchev–Trinajstić information content (AvgIpc) is 2.91. The fourth-order valence-corrected chi connectivity index (χ4v) is 2.55. The molecular weight excluding hydrogens is 320 g/mol. The molecule has 2 N–H and O–H groups in total. The molecule has 0 aliphatic carbocycles. The van der Waals surface area contributed by atoms with E-state index in [4.69, 9.17) is 4.74 Å². The van der Waals surface area contributed by atoms with Crippen molar-refractivity contribution < 1.29 is 23.1 Å². The number of nitrogens with zero attached hydrogens (tertiary/aromatic N) is 1. The van der Waals surface area contributed by atoms with Gasteiger partial charge in [-0.3, -0.25) is 9.59 Å². The molecule has 1 atom stereocenters. The molecule has 8 heteroatoms. The van der Waals surface area contributed by atoms with Gasteiger partial charge in [-0.05, 0) is 12.1 Å². The zero-order valence-corrected chi connectivity index (χ0v) is 13.5. The molecule has 0 bridgehead atoms. The maximum absolute atomic E-state index is 13.3. The van der Waals surface area contributed by atoms with Crippen LogP contribution in [0.1, 0.15) is 6.42 Å². The van der Waals surface area contributed by atoms with Crippen LogP contribution in [0, 0.1) is 17.6 Å². The van der Waals surface area contributed by atoms with Gasteiger partial charge in [0.05, 0.1) is 12.5 Å². The number of anilines is 1. The molecule has 2 amide bonds. The molecule has 1 fully saturated rings. The first-order valence-electron chi connectivity index (χ1n) is 7.75. The minimum Gasteiger partial charge on any atom is -0.383 e. The second-order valence-corrected chi connectivity index (χ2v) is 5.57. The molecule has 2 rings (SSSR count). The van der Waals surface area contributed by atoms with Crippen molar-refractivity contribution in [2.75, 3.05) is 44.8 Å². The molecule has 1 aromatic rings. The van der Waals surface area contributed by atoms with Crippen LogP contribution in [0.4, 0.5) is 14.5 Å². The molecule has 1 heterocycles. The number of amides is 2. The smallest absolute Gasteiger partial charge is 0.227 e.